The van der Waals surface area contributed by atoms with Crippen LogP contribution in [0, 0.1) is 11.8 Å². The Morgan fingerprint density at radius 3 is 2.78 bits per heavy atom. The summed E-state index contributed by atoms with van der Waals surface area (Å²) in [5.41, 5.74) is 0.345. The largest absolute Gasteiger partial charge is 0.368 e. The maximum absolute atomic E-state index is 11.3. The van der Waals surface area contributed by atoms with E-state index >= 15 is 0 Å². The Hall–Kier alpha value is -1.65. The smallest absolute Gasteiger partial charge is 0.271 e. The molecule has 0 saturated heterocycles. The Kier molecular flexibility index (Phi) is 4.12. The van der Waals surface area contributed by atoms with Crippen LogP contribution in [-0.2, 0) is 0 Å². The summed E-state index contributed by atoms with van der Waals surface area (Å²) in [4.78, 5) is 11.3. The Labute approximate surface area is 107 Å². The Morgan fingerprint density at radius 1 is 1.39 bits per heavy atom. The van der Waals surface area contributed by atoms with Gasteiger partial charge in [-0.1, -0.05) is 19.8 Å². The van der Waals surface area contributed by atoms with E-state index in [1.165, 1.54) is 19.3 Å². The molecule has 2 rings (SSSR count). The number of aromatic nitrogens is 2. The number of nitrogens with one attached hydrogen (secondary N) is 2. The van der Waals surface area contributed by atoms with Crippen molar-refractivity contribution in [3.63, 3.8) is 0 Å². The minimum atomic E-state index is -0.210. The predicted octanol–water partition coefficient (Wildman–Crippen LogP) is 1.68. The van der Waals surface area contributed by atoms with Gasteiger partial charge >= 0.3 is 0 Å². The van der Waals surface area contributed by atoms with Crippen molar-refractivity contribution in [3.8, 4) is 0 Å². The van der Waals surface area contributed by atoms with E-state index < -0.39 is 0 Å². The third-order valence-electron chi connectivity index (χ3n) is 3.71. The SMILES string of the molecule is CNC(=O)c1ccc(NCC2CCCC2C)nn1. The summed E-state index contributed by atoms with van der Waals surface area (Å²) in [5, 5.41) is 13.7. The first-order chi connectivity index (χ1) is 8.70. The fraction of sp³-hybridized carbons (Fsp3) is 0.615. The minimum Gasteiger partial charge on any atom is -0.368 e. The molecule has 1 heterocycles. The second-order valence-electron chi connectivity index (χ2n) is 4.93. The number of hydrogen-bond donors (Lipinski definition) is 2. The van der Waals surface area contributed by atoms with Gasteiger partial charge in [-0.15, -0.1) is 10.2 Å². The number of carbonyl (C=O) groups is 1. The number of amides is 1. The maximum atomic E-state index is 11.3. The van der Waals surface area contributed by atoms with Crippen LogP contribution in [0.2, 0.25) is 0 Å². The molecule has 2 N–H and O–H groups in total. The zero-order chi connectivity index (χ0) is 13.0. The highest BCUT2D eigenvalue weighted by molar-refractivity contribution is 5.91. The van der Waals surface area contributed by atoms with Crippen molar-refractivity contribution in [2.45, 2.75) is 26.2 Å². The van der Waals surface area contributed by atoms with Gasteiger partial charge in [0, 0.05) is 13.6 Å². The van der Waals surface area contributed by atoms with E-state index in [4.69, 9.17) is 0 Å². The lowest BCUT2D eigenvalue weighted by atomic mass is 9.98. The van der Waals surface area contributed by atoms with Gasteiger partial charge in [-0.2, -0.15) is 0 Å². The van der Waals surface area contributed by atoms with E-state index in [-0.39, 0.29) is 5.91 Å². The predicted molar refractivity (Wildman–Crippen MR) is 70.4 cm³/mol. The molecule has 0 aliphatic heterocycles. The number of anilines is 1. The molecule has 1 saturated carbocycles. The van der Waals surface area contributed by atoms with Crippen molar-refractivity contribution < 1.29 is 4.79 Å². The van der Waals surface area contributed by atoms with Crippen molar-refractivity contribution in [2.75, 3.05) is 18.9 Å². The van der Waals surface area contributed by atoms with Gasteiger partial charge in [0.15, 0.2) is 5.69 Å². The molecule has 1 aromatic heterocycles. The highest BCUT2D eigenvalue weighted by atomic mass is 16.1. The molecule has 2 atom stereocenters. The molecule has 5 nitrogen and oxygen atoms in total. The van der Waals surface area contributed by atoms with Crippen LogP contribution in [0.25, 0.3) is 0 Å². The first-order valence-electron chi connectivity index (χ1n) is 6.50. The fourth-order valence-corrected chi connectivity index (χ4v) is 2.44. The molecule has 0 bridgehead atoms. The third-order valence-corrected chi connectivity index (χ3v) is 3.71. The van der Waals surface area contributed by atoms with Gasteiger partial charge in [0.2, 0.25) is 0 Å². The number of rotatable bonds is 4. The van der Waals surface area contributed by atoms with Crippen LogP contribution in [0.5, 0.6) is 0 Å². The second-order valence-corrected chi connectivity index (χ2v) is 4.93. The van der Waals surface area contributed by atoms with Crippen LogP contribution in [0.4, 0.5) is 5.82 Å². The first-order valence-corrected chi connectivity index (χ1v) is 6.50. The second kappa shape index (κ2) is 5.80. The van der Waals surface area contributed by atoms with E-state index in [2.05, 4.69) is 27.8 Å². The number of carbonyl (C=O) groups excluding carboxylic acids is 1. The van der Waals surface area contributed by atoms with Crippen molar-refractivity contribution in [3.05, 3.63) is 17.8 Å². The highest BCUT2D eigenvalue weighted by Crippen LogP contribution is 2.30. The van der Waals surface area contributed by atoms with E-state index in [9.17, 15) is 4.79 Å². The van der Waals surface area contributed by atoms with Gasteiger partial charge in [-0.25, -0.2) is 0 Å². The fourth-order valence-electron chi connectivity index (χ4n) is 2.44. The summed E-state index contributed by atoms with van der Waals surface area (Å²) in [5.74, 6) is 2.04. The molecule has 0 spiro atoms. The van der Waals surface area contributed by atoms with Crippen LogP contribution in [0.1, 0.15) is 36.7 Å². The zero-order valence-electron chi connectivity index (χ0n) is 10.9. The molecule has 18 heavy (non-hydrogen) atoms. The molecule has 1 aromatic rings. The Bertz CT molecular complexity index is 404. The van der Waals surface area contributed by atoms with E-state index in [0.717, 1.165) is 24.2 Å². The van der Waals surface area contributed by atoms with Gasteiger partial charge in [0.05, 0.1) is 0 Å². The van der Waals surface area contributed by atoms with Gasteiger partial charge in [-0.3, -0.25) is 4.79 Å². The van der Waals surface area contributed by atoms with Gasteiger partial charge < -0.3 is 10.6 Å². The molecule has 5 heteroatoms. The molecule has 1 fully saturated rings. The topological polar surface area (TPSA) is 66.9 Å². The molecule has 98 valence electrons. The standard InChI is InChI=1S/C13H20N4O/c1-9-4-3-5-10(9)8-15-12-7-6-11(16-17-12)13(18)14-2/h6-7,9-10H,3-5,8H2,1-2H3,(H,14,18)(H,15,17). The normalized spacial score (nSPS) is 22.8. The third kappa shape index (κ3) is 2.97. The lowest BCUT2D eigenvalue weighted by Gasteiger charge is -2.15. The lowest BCUT2D eigenvalue weighted by Crippen LogP contribution is -2.20. The summed E-state index contributed by atoms with van der Waals surface area (Å²) in [7, 11) is 1.58. The monoisotopic (exact) mass is 248 g/mol. The molecule has 2 unspecified atom stereocenters. The summed E-state index contributed by atoms with van der Waals surface area (Å²) in [6.07, 6.45) is 3.94. The minimum absolute atomic E-state index is 0.210. The molecule has 1 amide bonds. The molecule has 1 aliphatic rings. The Balaban J connectivity index is 1.88. The maximum Gasteiger partial charge on any atom is 0.271 e. The van der Waals surface area contributed by atoms with Crippen molar-refractivity contribution in [1.82, 2.24) is 15.5 Å². The summed E-state index contributed by atoms with van der Waals surface area (Å²) in [6, 6.07) is 3.49. The van der Waals surface area contributed by atoms with E-state index in [0.29, 0.717) is 5.69 Å². The van der Waals surface area contributed by atoms with Crippen LogP contribution >= 0.6 is 0 Å². The Morgan fingerprint density at radius 2 is 2.22 bits per heavy atom. The molecule has 0 aromatic carbocycles. The zero-order valence-corrected chi connectivity index (χ0v) is 10.9. The molecular weight excluding hydrogens is 228 g/mol. The summed E-state index contributed by atoms with van der Waals surface area (Å²) < 4.78 is 0. The molecular formula is C13H20N4O. The van der Waals surface area contributed by atoms with Gasteiger partial charge in [0.25, 0.3) is 5.91 Å². The summed E-state index contributed by atoms with van der Waals surface area (Å²) >= 11 is 0. The molecule has 1 aliphatic carbocycles. The summed E-state index contributed by atoms with van der Waals surface area (Å²) in [6.45, 7) is 3.24. The lowest BCUT2D eigenvalue weighted by molar-refractivity contribution is 0.0957. The van der Waals surface area contributed by atoms with Crippen molar-refractivity contribution >= 4 is 11.7 Å². The van der Waals surface area contributed by atoms with Gasteiger partial charge in [0.1, 0.15) is 5.82 Å². The highest BCUT2D eigenvalue weighted by Gasteiger charge is 2.22. The van der Waals surface area contributed by atoms with E-state index in [1.54, 1.807) is 19.2 Å². The van der Waals surface area contributed by atoms with Crippen LogP contribution in [0.15, 0.2) is 12.1 Å². The first kappa shape index (κ1) is 12.8. The van der Waals surface area contributed by atoms with Gasteiger partial charge in [-0.05, 0) is 30.4 Å². The van der Waals surface area contributed by atoms with Crippen molar-refractivity contribution in [1.29, 1.82) is 0 Å². The number of hydrogen-bond acceptors (Lipinski definition) is 4. The average Bonchev–Trinajstić information content (AvgIpc) is 2.81. The number of nitrogens with zero attached hydrogens (tertiary/aromatic N) is 2. The van der Waals surface area contributed by atoms with E-state index in [1.807, 2.05) is 0 Å². The van der Waals surface area contributed by atoms with Crippen LogP contribution in [0.3, 0.4) is 0 Å². The van der Waals surface area contributed by atoms with Crippen molar-refractivity contribution in [2.24, 2.45) is 11.8 Å². The van der Waals surface area contributed by atoms with Crippen LogP contribution < -0.4 is 10.6 Å². The molecule has 0 radical (unpaired) electrons. The van der Waals surface area contributed by atoms with Crippen LogP contribution in [-0.4, -0.2) is 29.7 Å². The quantitative estimate of drug-likeness (QED) is 0.851. The average molecular weight is 248 g/mol.